The largest absolute Gasteiger partial charge is 0.497 e. The molecule has 0 fully saturated rings. The molecule has 1 heterocycles. The third-order valence-corrected chi connectivity index (χ3v) is 3.88. The number of hydrogen-bond acceptors (Lipinski definition) is 6. The fourth-order valence-electron chi connectivity index (χ4n) is 2.37. The van der Waals surface area contributed by atoms with Crippen LogP contribution in [0.3, 0.4) is 0 Å². The fraction of sp³-hybridized carbons (Fsp3) is 0.136. The van der Waals surface area contributed by atoms with Crippen LogP contribution in [0.15, 0.2) is 78.2 Å². The molecular formula is C22H21N3O4. The maximum absolute atomic E-state index is 11.9. The second-order valence-corrected chi connectivity index (χ2v) is 5.88. The first kappa shape index (κ1) is 19.9. The van der Waals surface area contributed by atoms with Crippen molar-refractivity contribution >= 4 is 12.1 Å². The number of carbonyl (C=O) groups is 1. The van der Waals surface area contributed by atoms with Crippen LogP contribution in [-0.4, -0.2) is 37.4 Å². The molecule has 1 N–H and O–H groups in total. The van der Waals surface area contributed by atoms with Gasteiger partial charge in [0.2, 0.25) is 0 Å². The summed E-state index contributed by atoms with van der Waals surface area (Å²) < 4.78 is 16.4. The van der Waals surface area contributed by atoms with Crippen molar-refractivity contribution in [2.45, 2.75) is 0 Å². The van der Waals surface area contributed by atoms with E-state index in [0.29, 0.717) is 18.8 Å². The molecule has 0 aliphatic rings. The van der Waals surface area contributed by atoms with E-state index in [2.05, 4.69) is 15.5 Å². The zero-order chi connectivity index (χ0) is 20.3. The van der Waals surface area contributed by atoms with Gasteiger partial charge in [-0.05, 0) is 66.2 Å². The van der Waals surface area contributed by atoms with E-state index in [1.807, 2.05) is 48.5 Å². The summed E-state index contributed by atoms with van der Waals surface area (Å²) >= 11 is 0. The Morgan fingerprint density at radius 1 is 0.897 bits per heavy atom. The van der Waals surface area contributed by atoms with E-state index in [9.17, 15) is 4.79 Å². The maximum Gasteiger partial charge on any atom is 0.271 e. The van der Waals surface area contributed by atoms with Crippen LogP contribution in [-0.2, 0) is 0 Å². The monoisotopic (exact) mass is 391 g/mol. The second kappa shape index (κ2) is 10.5. The number of aromatic nitrogens is 1. The predicted molar refractivity (Wildman–Crippen MR) is 110 cm³/mol. The predicted octanol–water partition coefficient (Wildman–Crippen LogP) is 3.31. The first-order valence-electron chi connectivity index (χ1n) is 8.98. The van der Waals surface area contributed by atoms with Gasteiger partial charge in [-0.2, -0.15) is 5.10 Å². The Bertz CT molecular complexity index is 927. The molecule has 3 rings (SSSR count). The number of ether oxygens (including phenoxy) is 3. The van der Waals surface area contributed by atoms with Crippen molar-refractivity contribution in [2.75, 3.05) is 20.3 Å². The number of benzene rings is 2. The highest BCUT2D eigenvalue weighted by atomic mass is 16.5. The molecule has 0 atom stereocenters. The molecule has 7 nitrogen and oxygen atoms in total. The molecule has 3 aromatic rings. The molecule has 0 spiro atoms. The number of pyridine rings is 1. The van der Waals surface area contributed by atoms with E-state index in [-0.39, 0.29) is 5.91 Å². The topological polar surface area (TPSA) is 82.0 Å². The molecule has 0 aliphatic carbocycles. The Morgan fingerprint density at radius 3 is 2.03 bits per heavy atom. The Balaban J connectivity index is 1.39. The van der Waals surface area contributed by atoms with Crippen LogP contribution in [0.2, 0.25) is 0 Å². The number of hydrogen-bond donors (Lipinski definition) is 1. The standard InChI is InChI=1S/C22H21N3O4/c1-27-19-6-8-21(9-7-19)29-15-14-28-20-4-2-17(3-5-20)16-24-25-22(26)18-10-12-23-13-11-18/h2-13,16H,14-15H2,1H3,(H,25,26). The van der Waals surface area contributed by atoms with E-state index < -0.39 is 0 Å². The average Bonchev–Trinajstić information content (AvgIpc) is 2.78. The first-order chi connectivity index (χ1) is 14.2. The molecule has 0 bridgehead atoms. The molecule has 1 amide bonds. The molecule has 0 aliphatic heterocycles. The van der Waals surface area contributed by atoms with Gasteiger partial charge in [0.15, 0.2) is 0 Å². The average molecular weight is 391 g/mol. The quantitative estimate of drug-likeness (QED) is 0.344. The van der Waals surface area contributed by atoms with Crippen molar-refractivity contribution in [3.8, 4) is 17.2 Å². The maximum atomic E-state index is 11.9. The Morgan fingerprint density at radius 2 is 1.45 bits per heavy atom. The minimum Gasteiger partial charge on any atom is -0.497 e. The molecule has 148 valence electrons. The molecule has 29 heavy (non-hydrogen) atoms. The summed E-state index contributed by atoms with van der Waals surface area (Å²) in [7, 11) is 1.62. The van der Waals surface area contributed by atoms with Gasteiger partial charge in [0.1, 0.15) is 30.5 Å². The van der Waals surface area contributed by atoms with Gasteiger partial charge in [0.05, 0.1) is 13.3 Å². The van der Waals surface area contributed by atoms with Gasteiger partial charge >= 0.3 is 0 Å². The van der Waals surface area contributed by atoms with Gasteiger partial charge in [-0.15, -0.1) is 0 Å². The first-order valence-corrected chi connectivity index (χ1v) is 8.98. The molecule has 2 aromatic carbocycles. The highest BCUT2D eigenvalue weighted by molar-refractivity contribution is 5.94. The lowest BCUT2D eigenvalue weighted by Gasteiger charge is -2.09. The van der Waals surface area contributed by atoms with Gasteiger partial charge < -0.3 is 14.2 Å². The molecular weight excluding hydrogens is 370 g/mol. The van der Waals surface area contributed by atoms with Crippen LogP contribution in [0.1, 0.15) is 15.9 Å². The van der Waals surface area contributed by atoms with E-state index in [1.54, 1.807) is 37.9 Å². The highest BCUT2D eigenvalue weighted by Crippen LogP contribution is 2.17. The molecule has 0 radical (unpaired) electrons. The number of carbonyl (C=O) groups excluding carboxylic acids is 1. The number of nitrogens with zero attached hydrogens (tertiary/aromatic N) is 2. The van der Waals surface area contributed by atoms with Gasteiger partial charge in [-0.1, -0.05) is 0 Å². The molecule has 0 saturated carbocycles. The van der Waals surface area contributed by atoms with Crippen molar-refractivity contribution in [3.63, 3.8) is 0 Å². The number of nitrogens with one attached hydrogen (secondary N) is 1. The highest BCUT2D eigenvalue weighted by Gasteiger charge is 2.02. The molecule has 0 unspecified atom stereocenters. The summed E-state index contributed by atoms with van der Waals surface area (Å²) in [6.45, 7) is 0.845. The lowest BCUT2D eigenvalue weighted by atomic mass is 10.2. The summed E-state index contributed by atoms with van der Waals surface area (Å²) in [6.07, 6.45) is 4.68. The number of amides is 1. The summed E-state index contributed by atoms with van der Waals surface area (Å²) in [6, 6.07) is 18.0. The summed E-state index contributed by atoms with van der Waals surface area (Å²) in [5.74, 6) is 1.98. The van der Waals surface area contributed by atoms with Gasteiger partial charge in [0, 0.05) is 18.0 Å². The Labute approximate surface area is 169 Å². The van der Waals surface area contributed by atoms with Crippen LogP contribution < -0.4 is 19.6 Å². The third-order valence-electron chi connectivity index (χ3n) is 3.88. The summed E-state index contributed by atoms with van der Waals surface area (Å²) in [5.41, 5.74) is 3.81. The van der Waals surface area contributed by atoms with Crippen molar-refractivity contribution in [2.24, 2.45) is 5.10 Å². The van der Waals surface area contributed by atoms with Crippen molar-refractivity contribution in [1.29, 1.82) is 0 Å². The fourth-order valence-corrected chi connectivity index (χ4v) is 2.37. The lowest BCUT2D eigenvalue weighted by molar-refractivity contribution is 0.0955. The minimum atomic E-state index is -0.291. The van der Waals surface area contributed by atoms with E-state index in [4.69, 9.17) is 14.2 Å². The number of rotatable bonds is 9. The van der Waals surface area contributed by atoms with E-state index in [0.717, 1.165) is 22.8 Å². The normalized spacial score (nSPS) is 10.5. The Kier molecular flexibility index (Phi) is 7.17. The van der Waals surface area contributed by atoms with Crippen molar-refractivity contribution in [3.05, 3.63) is 84.2 Å². The molecule has 0 saturated heterocycles. The smallest absolute Gasteiger partial charge is 0.271 e. The van der Waals surface area contributed by atoms with Crippen LogP contribution in [0.5, 0.6) is 17.2 Å². The van der Waals surface area contributed by atoms with Gasteiger partial charge in [0.25, 0.3) is 5.91 Å². The minimum absolute atomic E-state index is 0.291. The van der Waals surface area contributed by atoms with Crippen molar-refractivity contribution in [1.82, 2.24) is 10.4 Å². The second-order valence-electron chi connectivity index (χ2n) is 5.88. The van der Waals surface area contributed by atoms with Gasteiger partial charge in [-0.3, -0.25) is 9.78 Å². The van der Waals surface area contributed by atoms with Crippen LogP contribution in [0.25, 0.3) is 0 Å². The third kappa shape index (κ3) is 6.35. The molecule has 1 aromatic heterocycles. The SMILES string of the molecule is COc1ccc(OCCOc2ccc(C=NNC(=O)c3ccncc3)cc2)cc1. The van der Waals surface area contributed by atoms with Crippen LogP contribution >= 0.6 is 0 Å². The van der Waals surface area contributed by atoms with Gasteiger partial charge in [-0.25, -0.2) is 5.43 Å². The van der Waals surface area contributed by atoms with E-state index >= 15 is 0 Å². The number of hydrazone groups is 1. The zero-order valence-corrected chi connectivity index (χ0v) is 15.9. The van der Waals surface area contributed by atoms with Crippen LogP contribution in [0.4, 0.5) is 0 Å². The number of methoxy groups -OCH3 is 1. The summed E-state index contributed by atoms with van der Waals surface area (Å²) in [5, 5.41) is 3.95. The lowest BCUT2D eigenvalue weighted by Crippen LogP contribution is -2.17. The zero-order valence-electron chi connectivity index (χ0n) is 15.9. The Hall–Kier alpha value is -3.87. The molecule has 7 heteroatoms. The van der Waals surface area contributed by atoms with Crippen molar-refractivity contribution < 1.29 is 19.0 Å². The van der Waals surface area contributed by atoms with E-state index in [1.165, 1.54) is 0 Å². The van der Waals surface area contributed by atoms with Crippen LogP contribution in [0, 0.1) is 0 Å². The summed E-state index contributed by atoms with van der Waals surface area (Å²) in [4.78, 5) is 15.7.